The average molecular weight is 162 g/mol. The first kappa shape index (κ1) is 74.4. The third kappa shape index (κ3) is 723. The Morgan fingerprint density at radius 3 is 0.667 bits per heavy atom. The molecule has 0 saturated heterocycles. The fourth-order valence-corrected chi connectivity index (χ4v) is 0. The Balaban J connectivity index is -0.00000000450. The Morgan fingerprint density at radius 1 is 0.556 bits per heavy atom. The van der Waals surface area contributed by atoms with E-state index in [1.54, 1.807) is 0 Å². The zero-order valence-corrected chi connectivity index (χ0v) is 4.35. The van der Waals surface area contributed by atoms with Crippen molar-refractivity contribution in [2.75, 3.05) is 13.2 Å². The molecule has 0 bridgehead atoms. The Labute approximate surface area is 48.3 Å². The van der Waals surface area contributed by atoms with Crippen LogP contribution in [0.4, 0.5) is 23.5 Å². The molecule has 66 valence electrons. The second kappa shape index (κ2) is 133. The Hall–Kier alpha value is -0.430. The standard InChI is InChI=1S/C2H6O2.5FH/c3-1-2-4;;;;;/h3-4H,1-2H2;5*1H. The first-order chi connectivity index (χ1) is 1.91. The van der Waals surface area contributed by atoms with E-state index in [1.165, 1.54) is 0 Å². The zero-order valence-electron chi connectivity index (χ0n) is 4.35. The second-order valence-electron chi connectivity index (χ2n) is 0.447. The average Bonchev–Trinajstić information content (AvgIpc) is 1.37. The number of rotatable bonds is 1. The summed E-state index contributed by atoms with van der Waals surface area (Å²) < 4.78 is 0. The van der Waals surface area contributed by atoms with Crippen LogP contribution in [0.25, 0.3) is 0 Å². The molecule has 0 amide bonds. The van der Waals surface area contributed by atoms with E-state index in [2.05, 4.69) is 0 Å². The first-order valence-electron chi connectivity index (χ1n) is 1.13. The third-order valence-corrected chi connectivity index (χ3v) is 0.1000. The molecule has 0 aliphatic heterocycles. The Kier molecular flexibility index (Phi) is 1100. The monoisotopic (exact) mass is 162 g/mol. The highest BCUT2D eigenvalue weighted by Crippen LogP contribution is 1.39. The van der Waals surface area contributed by atoms with E-state index in [0.717, 1.165) is 0 Å². The van der Waals surface area contributed by atoms with Crippen LogP contribution in [0, 0.1) is 0 Å². The number of aliphatic hydroxyl groups is 2. The molecule has 0 unspecified atom stereocenters. The van der Waals surface area contributed by atoms with Crippen LogP contribution in [-0.4, -0.2) is 23.4 Å². The lowest BCUT2D eigenvalue weighted by molar-refractivity contribution is 0.186. The minimum Gasteiger partial charge on any atom is -0.394 e. The molecule has 2 N–H and O–H groups in total. The van der Waals surface area contributed by atoms with Gasteiger partial charge in [-0.05, 0) is 0 Å². The van der Waals surface area contributed by atoms with Crippen molar-refractivity contribution in [3.63, 3.8) is 0 Å². The summed E-state index contributed by atoms with van der Waals surface area (Å²) in [5.74, 6) is 0. The van der Waals surface area contributed by atoms with Gasteiger partial charge in [0.1, 0.15) is 0 Å². The van der Waals surface area contributed by atoms with Gasteiger partial charge in [-0.25, -0.2) is 0 Å². The molecule has 0 spiro atoms. The number of halogens is 5. The quantitative estimate of drug-likeness (QED) is 0.521. The molecule has 0 aromatic rings. The summed E-state index contributed by atoms with van der Waals surface area (Å²) in [6.45, 7) is -0.250. The van der Waals surface area contributed by atoms with Crippen LogP contribution in [0.2, 0.25) is 0 Å². The molecule has 0 aromatic carbocycles. The fraction of sp³-hybridized carbons (Fsp3) is 1.00. The fourth-order valence-electron chi connectivity index (χ4n) is 0. The molecule has 7 heteroatoms. The maximum absolute atomic E-state index is 7.62. The molecule has 0 radical (unpaired) electrons. The molecule has 9 heavy (non-hydrogen) atoms. The maximum Gasteiger partial charge on any atom is 0.0662 e. The van der Waals surface area contributed by atoms with Gasteiger partial charge in [0.25, 0.3) is 0 Å². The summed E-state index contributed by atoms with van der Waals surface area (Å²) in [4.78, 5) is 0. The summed E-state index contributed by atoms with van der Waals surface area (Å²) in [7, 11) is 0. The topological polar surface area (TPSA) is 40.5 Å². The molecule has 0 fully saturated rings. The molecule has 0 rings (SSSR count). The SMILES string of the molecule is F.F.F.F.F.OCCO. The summed E-state index contributed by atoms with van der Waals surface area (Å²) in [5, 5.41) is 15.2. The summed E-state index contributed by atoms with van der Waals surface area (Å²) in [6.07, 6.45) is 0. The summed E-state index contributed by atoms with van der Waals surface area (Å²) >= 11 is 0. The van der Waals surface area contributed by atoms with Crippen LogP contribution < -0.4 is 0 Å². The summed E-state index contributed by atoms with van der Waals surface area (Å²) in [6, 6.07) is 0. The Morgan fingerprint density at radius 2 is 0.667 bits per heavy atom. The van der Waals surface area contributed by atoms with E-state index in [1.807, 2.05) is 0 Å². The van der Waals surface area contributed by atoms with Crippen molar-refractivity contribution >= 4 is 0 Å². The van der Waals surface area contributed by atoms with Crippen molar-refractivity contribution in [1.29, 1.82) is 0 Å². The van der Waals surface area contributed by atoms with Gasteiger partial charge in [-0.2, -0.15) is 0 Å². The number of hydrogen-bond acceptors (Lipinski definition) is 2. The van der Waals surface area contributed by atoms with Crippen molar-refractivity contribution in [1.82, 2.24) is 0 Å². The lowest BCUT2D eigenvalue weighted by Gasteiger charge is -1.70. The first-order valence-corrected chi connectivity index (χ1v) is 1.13. The smallest absolute Gasteiger partial charge is 0.0662 e. The van der Waals surface area contributed by atoms with E-state index in [4.69, 9.17) is 10.2 Å². The van der Waals surface area contributed by atoms with Gasteiger partial charge in [0, 0.05) is 0 Å². The summed E-state index contributed by atoms with van der Waals surface area (Å²) in [5.41, 5.74) is 0. The minimum absolute atomic E-state index is 0. The van der Waals surface area contributed by atoms with Crippen molar-refractivity contribution < 1.29 is 33.7 Å². The molecule has 0 heterocycles. The minimum atomic E-state index is -0.125. The van der Waals surface area contributed by atoms with Crippen molar-refractivity contribution in [3.05, 3.63) is 0 Å². The van der Waals surface area contributed by atoms with E-state index in [9.17, 15) is 0 Å². The van der Waals surface area contributed by atoms with Crippen LogP contribution in [0.1, 0.15) is 0 Å². The van der Waals surface area contributed by atoms with Gasteiger partial charge in [-0.3, -0.25) is 23.5 Å². The lowest BCUT2D eigenvalue weighted by atomic mass is 10.8. The molecule has 0 atom stereocenters. The van der Waals surface area contributed by atoms with Gasteiger partial charge in [0.2, 0.25) is 0 Å². The molecule has 0 aromatic heterocycles. The molecule has 0 saturated carbocycles. The van der Waals surface area contributed by atoms with Crippen molar-refractivity contribution in [3.8, 4) is 0 Å². The molecule has 0 aliphatic carbocycles. The van der Waals surface area contributed by atoms with E-state index in [0.29, 0.717) is 0 Å². The van der Waals surface area contributed by atoms with E-state index in [-0.39, 0.29) is 36.7 Å². The van der Waals surface area contributed by atoms with Gasteiger partial charge < -0.3 is 10.2 Å². The zero-order chi connectivity index (χ0) is 3.41. The van der Waals surface area contributed by atoms with Crippen LogP contribution in [0.15, 0.2) is 0 Å². The van der Waals surface area contributed by atoms with Crippen LogP contribution in [0.3, 0.4) is 0 Å². The maximum atomic E-state index is 7.62. The van der Waals surface area contributed by atoms with Crippen molar-refractivity contribution in [2.24, 2.45) is 0 Å². The Bertz CT molecular complexity index is 14.9. The van der Waals surface area contributed by atoms with E-state index >= 15 is 0 Å². The van der Waals surface area contributed by atoms with Gasteiger partial charge in [-0.15, -0.1) is 0 Å². The highest BCUT2D eigenvalue weighted by molar-refractivity contribution is 4.06. The van der Waals surface area contributed by atoms with Gasteiger partial charge >= 0.3 is 0 Å². The lowest BCUT2D eigenvalue weighted by Crippen LogP contribution is -1.85. The molecule has 0 aliphatic rings. The number of hydrogen-bond donors (Lipinski definition) is 2. The molecular formula is C2H11F5O2. The number of aliphatic hydroxyl groups excluding tert-OH is 2. The predicted octanol–water partition coefficient (Wildman–Crippen LogP) is -0.266. The van der Waals surface area contributed by atoms with Gasteiger partial charge in [0.15, 0.2) is 0 Å². The third-order valence-electron chi connectivity index (χ3n) is 0.1000. The normalized spacial score (nSPS) is 3.33. The highest BCUT2D eigenvalue weighted by atomic mass is 19.0. The van der Waals surface area contributed by atoms with Gasteiger partial charge in [-0.1, -0.05) is 0 Å². The largest absolute Gasteiger partial charge is 0.394 e. The molecule has 2 nitrogen and oxygen atoms in total. The predicted molar refractivity (Wildman–Crippen MR) is 26.7 cm³/mol. The molecular weight excluding hydrogens is 151 g/mol. The second-order valence-corrected chi connectivity index (χ2v) is 0.447. The van der Waals surface area contributed by atoms with Crippen LogP contribution in [0.5, 0.6) is 0 Å². The van der Waals surface area contributed by atoms with Crippen LogP contribution in [-0.2, 0) is 0 Å². The van der Waals surface area contributed by atoms with Crippen LogP contribution >= 0.6 is 0 Å². The van der Waals surface area contributed by atoms with E-state index < -0.39 is 0 Å². The van der Waals surface area contributed by atoms with Crippen molar-refractivity contribution in [2.45, 2.75) is 0 Å². The van der Waals surface area contributed by atoms with Gasteiger partial charge in [0.05, 0.1) is 13.2 Å². The highest BCUT2D eigenvalue weighted by Gasteiger charge is 1.58.